The normalized spacial score (nSPS) is 15.9. The van der Waals surface area contributed by atoms with Crippen molar-refractivity contribution < 1.29 is 14.3 Å². The predicted molar refractivity (Wildman–Crippen MR) is 94.7 cm³/mol. The summed E-state index contributed by atoms with van der Waals surface area (Å²) in [6.07, 6.45) is 3.40. The second-order valence-corrected chi connectivity index (χ2v) is 5.92. The second kappa shape index (κ2) is 8.23. The Kier molecular flexibility index (Phi) is 5.56. The first-order chi connectivity index (χ1) is 12.7. The zero-order chi connectivity index (χ0) is 18.4. The molecule has 3 rings (SSSR count). The van der Waals surface area contributed by atoms with Gasteiger partial charge in [-0.2, -0.15) is 5.26 Å². The predicted octanol–water partition coefficient (Wildman–Crippen LogP) is 2.11. The van der Waals surface area contributed by atoms with Gasteiger partial charge in [-0.15, -0.1) is 0 Å². The number of rotatable bonds is 5. The number of nitrogens with zero attached hydrogens (tertiary/aromatic N) is 2. The number of carbonyl (C=O) groups excluding carboxylic acids is 2. The molecule has 7 heteroatoms. The van der Waals surface area contributed by atoms with E-state index in [4.69, 9.17) is 10.00 Å². The zero-order valence-corrected chi connectivity index (χ0v) is 14.1. The lowest BCUT2D eigenvalue weighted by Crippen LogP contribution is -2.32. The molecular weight excluding hydrogens is 332 g/mol. The van der Waals surface area contributed by atoms with Crippen molar-refractivity contribution in [3.63, 3.8) is 0 Å². The molecule has 0 bridgehead atoms. The van der Waals surface area contributed by atoms with Gasteiger partial charge in [0, 0.05) is 30.6 Å². The van der Waals surface area contributed by atoms with Gasteiger partial charge in [-0.25, -0.2) is 0 Å². The number of benzene rings is 1. The Morgan fingerprint density at radius 3 is 2.73 bits per heavy atom. The smallest absolute Gasteiger partial charge is 0.269 e. The molecule has 0 aliphatic carbocycles. The highest BCUT2D eigenvalue weighted by atomic mass is 16.5. The third kappa shape index (κ3) is 4.43. The van der Waals surface area contributed by atoms with E-state index < -0.39 is 0 Å². The molecule has 1 aromatic carbocycles. The fourth-order valence-electron chi connectivity index (χ4n) is 2.63. The lowest BCUT2D eigenvalue weighted by atomic mass is 10.2. The summed E-state index contributed by atoms with van der Waals surface area (Å²) in [5.74, 6) is -0.696. The van der Waals surface area contributed by atoms with Gasteiger partial charge in [0.25, 0.3) is 11.8 Å². The Morgan fingerprint density at radius 2 is 2.04 bits per heavy atom. The van der Waals surface area contributed by atoms with E-state index in [1.165, 1.54) is 18.3 Å². The second-order valence-electron chi connectivity index (χ2n) is 5.92. The maximum absolute atomic E-state index is 12.4. The van der Waals surface area contributed by atoms with Crippen molar-refractivity contribution in [3.8, 4) is 6.07 Å². The van der Waals surface area contributed by atoms with Crippen LogP contribution in [0.5, 0.6) is 0 Å². The Hall–Kier alpha value is -3.24. The Balaban J connectivity index is 1.62. The van der Waals surface area contributed by atoms with Crippen LogP contribution in [0.4, 0.5) is 5.69 Å². The van der Waals surface area contributed by atoms with E-state index in [1.54, 1.807) is 24.3 Å². The Bertz CT molecular complexity index is 837. The molecule has 132 valence electrons. The summed E-state index contributed by atoms with van der Waals surface area (Å²) in [6, 6.07) is 11.5. The number of anilines is 1. The number of nitriles is 1. The first kappa shape index (κ1) is 17.6. The molecule has 0 radical (unpaired) electrons. The first-order valence-corrected chi connectivity index (χ1v) is 8.33. The van der Waals surface area contributed by atoms with E-state index in [1.807, 2.05) is 6.07 Å². The molecule has 26 heavy (non-hydrogen) atoms. The number of nitrogens with one attached hydrogen (secondary N) is 2. The van der Waals surface area contributed by atoms with E-state index in [9.17, 15) is 9.59 Å². The number of ether oxygens (including phenoxy) is 1. The van der Waals surface area contributed by atoms with Gasteiger partial charge < -0.3 is 15.4 Å². The van der Waals surface area contributed by atoms with Crippen LogP contribution >= 0.6 is 0 Å². The van der Waals surface area contributed by atoms with Crippen molar-refractivity contribution in [2.75, 3.05) is 18.5 Å². The summed E-state index contributed by atoms with van der Waals surface area (Å²) < 4.78 is 5.46. The number of amides is 2. The van der Waals surface area contributed by atoms with Crippen molar-refractivity contribution in [2.45, 2.75) is 18.9 Å². The van der Waals surface area contributed by atoms with Crippen LogP contribution in [0.3, 0.4) is 0 Å². The van der Waals surface area contributed by atoms with Gasteiger partial charge >= 0.3 is 0 Å². The minimum Gasteiger partial charge on any atom is -0.376 e. The van der Waals surface area contributed by atoms with E-state index in [0.29, 0.717) is 23.4 Å². The number of hydrogen-bond acceptors (Lipinski definition) is 5. The van der Waals surface area contributed by atoms with Crippen LogP contribution in [0.2, 0.25) is 0 Å². The molecule has 2 amide bonds. The molecule has 1 fully saturated rings. The Labute approximate surface area is 151 Å². The summed E-state index contributed by atoms with van der Waals surface area (Å²) in [5, 5.41) is 14.3. The highest BCUT2D eigenvalue weighted by Crippen LogP contribution is 2.12. The van der Waals surface area contributed by atoms with Crippen LogP contribution in [-0.4, -0.2) is 36.1 Å². The van der Waals surface area contributed by atoms with E-state index in [2.05, 4.69) is 15.6 Å². The van der Waals surface area contributed by atoms with Crippen molar-refractivity contribution >= 4 is 17.5 Å². The highest BCUT2D eigenvalue weighted by Gasteiger charge is 2.18. The number of aromatic nitrogens is 1. The van der Waals surface area contributed by atoms with Gasteiger partial charge in [-0.3, -0.25) is 14.6 Å². The monoisotopic (exact) mass is 350 g/mol. The largest absolute Gasteiger partial charge is 0.376 e. The Morgan fingerprint density at radius 1 is 1.23 bits per heavy atom. The number of hydrogen-bond donors (Lipinski definition) is 2. The van der Waals surface area contributed by atoms with Gasteiger partial charge in [0.2, 0.25) is 0 Å². The lowest BCUT2D eigenvalue weighted by Gasteiger charge is -2.11. The summed E-state index contributed by atoms with van der Waals surface area (Å²) in [7, 11) is 0. The lowest BCUT2D eigenvalue weighted by molar-refractivity contribution is 0.0853. The quantitative estimate of drug-likeness (QED) is 0.859. The SMILES string of the molecule is N#Cc1ccc(NC(=O)c2ccnc(C(=O)NCC3CCCO3)c2)cc1. The summed E-state index contributed by atoms with van der Waals surface area (Å²) in [6.45, 7) is 1.16. The van der Waals surface area contributed by atoms with E-state index >= 15 is 0 Å². The van der Waals surface area contributed by atoms with E-state index in [0.717, 1.165) is 19.4 Å². The molecule has 1 aromatic heterocycles. The van der Waals surface area contributed by atoms with Crippen LogP contribution in [0.25, 0.3) is 0 Å². The van der Waals surface area contributed by atoms with Gasteiger partial charge in [-0.1, -0.05) is 0 Å². The van der Waals surface area contributed by atoms with E-state index in [-0.39, 0.29) is 23.6 Å². The van der Waals surface area contributed by atoms with Gasteiger partial charge in [0.15, 0.2) is 0 Å². The molecular formula is C19H18N4O3. The molecule has 0 saturated carbocycles. The van der Waals surface area contributed by atoms with Gasteiger partial charge in [0.1, 0.15) is 5.69 Å². The minimum atomic E-state index is -0.356. The average molecular weight is 350 g/mol. The third-order valence-corrected chi connectivity index (χ3v) is 4.04. The van der Waals surface area contributed by atoms with Gasteiger partial charge in [-0.05, 0) is 49.2 Å². The van der Waals surface area contributed by atoms with Crippen molar-refractivity contribution in [1.82, 2.24) is 10.3 Å². The maximum Gasteiger partial charge on any atom is 0.269 e. The molecule has 1 unspecified atom stereocenters. The van der Waals surface area contributed by atoms with Crippen LogP contribution in [-0.2, 0) is 4.74 Å². The highest BCUT2D eigenvalue weighted by molar-refractivity contribution is 6.05. The number of pyridine rings is 1. The summed E-state index contributed by atoms with van der Waals surface area (Å²) in [5.41, 5.74) is 1.58. The molecule has 2 N–H and O–H groups in total. The molecule has 7 nitrogen and oxygen atoms in total. The van der Waals surface area contributed by atoms with Crippen LogP contribution in [0.1, 0.15) is 39.3 Å². The molecule has 0 spiro atoms. The van der Waals surface area contributed by atoms with Crippen molar-refractivity contribution in [2.24, 2.45) is 0 Å². The van der Waals surface area contributed by atoms with Crippen LogP contribution in [0, 0.1) is 11.3 Å². The van der Waals surface area contributed by atoms with Crippen molar-refractivity contribution in [1.29, 1.82) is 5.26 Å². The number of carbonyl (C=O) groups is 2. The van der Waals surface area contributed by atoms with Crippen LogP contribution in [0.15, 0.2) is 42.6 Å². The van der Waals surface area contributed by atoms with Gasteiger partial charge in [0.05, 0.1) is 17.7 Å². The zero-order valence-electron chi connectivity index (χ0n) is 14.1. The molecule has 2 aromatic rings. The summed E-state index contributed by atoms with van der Waals surface area (Å²) >= 11 is 0. The topological polar surface area (TPSA) is 104 Å². The average Bonchev–Trinajstić information content (AvgIpc) is 3.20. The molecule has 1 atom stereocenters. The maximum atomic E-state index is 12.4. The van der Waals surface area contributed by atoms with Crippen molar-refractivity contribution in [3.05, 3.63) is 59.4 Å². The molecule has 1 aliphatic heterocycles. The fraction of sp³-hybridized carbons (Fsp3) is 0.263. The molecule has 1 aliphatic rings. The fourth-order valence-corrected chi connectivity index (χ4v) is 2.63. The standard InChI is InChI=1S/C19H18N4O3/c20-11-13-3-5-15(6-4-13)23-18(24)14-7-8-21-17(10-14)19(25)22-12-16-2-1-9-26-16/h3-8,10,16H,1-2,9,12H2,(H,22,25)(H,23,24). The first-order valence-electron chi connectivity index (χ1n) is 8.33. The minimum absolute atomic E-state index is 0.0433. The summed E-state index contributed by atoms with van der Waals surface area (Å²) in [4.78, 5) is 28.6. The van der Waals surface area contributed by atoms with Crippen LogP contribution < -0.4 is 10.6 Å². The molecule has 1 saturated heterocycles. The third-order valence-electron chi connectivity index (χ3n) is 4.04. The molecule has 2 heterocycles.